The molecule has 0 spiro atoms. The van der Waals surface area contributed by atoms with E-state index in [1.54, 1.807) is 42.5 Å². The number of nitrogens with zero attached hydrogens (tertiary/aromatic N) is 2. The monoisotopic (exact) mass is 514 g/mol. The van der Waals surface area contributed by atoms with Crippen molar-refractivity contribution in [2.24, 2.45) is 11.8 Å². The minimum Gasteiger partial charge on any atom is -0.493 e. The van der Waals surface area contributed by atoms with Crippen LogP contribution < -0.4 is 14.4 Å². The van der Waals surface area contributed by atoms with Crippen LogP contribution in [0.25, 0.3) is 6.08 Å². The van der Waals surface area contributed by atoms with E-state index in [0.717, 1.165) is 11.1 Å². The van der Waals surface area contributed by atoms with Gasteiger partial charge in [-0.1, -0.05) is 35.9 Å². The molecule has 7 nitrogen and oxygen atoms in total. The number of carbonyl (C=O) groups is 3. The van der Waals surface area contributed by atoms with E-state index in [1.165, 1.54) is 19.1 Å². The minimum atomic E-state index is -0.869. The summed E-state index contributed by atoms with van der Waals surface area (Å²) in [6.07, 6.45) is 3.76. The van der Waals surface area contributed by atoms with Gasteiger partial charge in [0, 0.05) is 16.8 Å². The topological polar surface area (TPSA) is 76.2 Å². The van der Waals surface area contributed by atoms with Gasteiger partial charge in [0.15, 0.2) is 17.3 Å². The summed E-state index contributed by atoms with van der Waals surface area (Å²) in [7, 11) is 3.02. The van der Waals surface area contributed by atoms with Crippen molar-refractivity contribution in [1.29, 1.82) is 0 Å². The molecule has 186 valence electrons. The highest BCUT2D eigenvalue weighted by atomic mass is 35.5. The van der Waals surface area contributed by atoms with Crippen molar-refractivity contribution >= 4 is 41.0 Å². The summed E-state index contributed by atoms with van der Waals surface area (Å²) in [5, 5.41) is 0.502. The van der Waals surface area contributed by atoms with Gasteiger partial charge < -0.3 is 14.4 Å². The maximum absolute atomic E-state index is 14.1. The molecule has 0 radical (unpaired) electrons. The fourth-order valence-corrected chi connectivity index (χ4v) is 5.99. The average molecular weight is 515 g/mol. The van der Waals surface area contributed by atoms with E-state index >= 15 is 0 Å². The molecule has 0 aromatic heterocycles. The van der Waals surface area contributed by atoms with Gasteiger partial charge in [-0.3, -0.25) is 14.4 Å². The maximum Gasteiger partial charge on any atom is 0.240 e. The Morgan fingerprint density at radius 1 is 0.865 bits per heavy atom. The lowest BCUT2D eigenvalue weighted by atomic mass is 9.83. The second kappa shape index (κ2) is 8.78. The number of rotatable bonds is 5. The zero-order chi connectivity index (χ0) is 25.8. The molecule has 3 aliphatic heterocycles. The van der Waals surface area contributed by atoms with Crippen LogP contribution in [-0.2, 0) is 9.59 Å². The predicted octanol–water partition coefficient (Wildman–Crippen LogP) is 4.76. The molecule has 37 heavy (non-hydrogen) atoms. The van der Waals surface area contributed by atoms with E-state index in [4.69, 9.17) is 21.1 Å². The number of hydrogen-bond donors (Lipinski definition) is 0. The molecule has 4 atom stereocenters. The van der Waals surface area contributed by atoms with Crippen LogP contribution in [0.5, 0.6) is 11.5 Å². The number of hydrogen-bond acceptors (Lipinski definition) is 6. The smallest absolute Gasteiger partial charge is 0.240 e. The highest BCUT2D eigenvalue weighted by molar-refractivity contribution is 6.31. The van der Waals surface area contributed by atoms with Crippen molar-refractivity contribution < 1.29 is 23.9 Å². The van der Waals surface area contributed by atoms with Gasteiger partial charge in [-0.15, -0.1) is 0 Å². The first kappa shape index (κ1) is 23.3. The van der Waals surface area contributed by atoms with Gasteiger partial charge in [0.2, 0.25) is 11.8 Å². The van der Waals surface area contributed by atoms with Crippen molar-refractivity contribution in [3.63, 3.8) is 0 Å². The molecule has 8 heteroatoms. The number of ketones is 1. The number of anilines is 1. The van der Waals surface area contributed by atoms with Gasteiger partial charge in [0.05, 0.1) is 37.8 Å². The Balaban J connectivity index is 1.48. The number of ether oxygens (including phenoxy) is 2. The van der Waals surface area contributed by atoms with Crippen LogP contribution in [0.15, 0.2) is 72.9 Å². The number of Topliss-reactive ketones (excluding diaryl/α,β-unsaturated/α-hetero) is 1. The third-order valence-electron chi connectivity index (χ3n) is 7.48. The first-order valence-electron chi connectivity index (χ1n) is 11.9. The Labute approximate surface area is 218 Å². The van der Waals surface area contributed by atoms with Gasteiger partial charge in [-0.2, -0.15) is 0 Å². The third-order valence-corrected chi connectivity index (χ3v) is 7.74. The second-order valence-corrected chi connectivity index (χ2v) is 9.69. The Bertz CT molecular complexity index is 1470. The fraction of sp³-hybridized carbons (Fsp3) is 0.207. The molecule has 2 fully saturated rings. The van der Waals surface area contributed by atoms with E-state index in [2.05, 4.69) is 0 Å². The fourth-order valence-electron chi connectivity index (χ4n) is 5.86. The number of amides is 2. The van der Waals surface area contributed by atoms with Crippen LogP contribution >= 0.6 is 11.6 Å². The number of benzene rings is 3. The number of carbonyl (C=O) groups excluding carboxylic acids is 3. The molecule has 3 heterocycles. The van der Waals surface area contributed by atoms with Gasteiger partial charge in [-0.05, 0) is 59.7 Å². The van der Waals surface area contributed by atoms with E-state index in [9.17, 15) is 14.4 Å². The Morgan fingerprint density at radius 3 is 2.30 bits per heavy atom. The summed E-state index contributed by atoms with van der Waals surface area (Å²) in [4.78, 5) is 45.0. The van der Waals surface area contributed by atoms with Gasteiger partial charge >= 0.3 is 0 Å². The van der Waals surface area contributed by atoms with Gasteiger partial charge in [0.25, 0.3) is 0 Å². The molecule has 0 N–H and O–H groups in total. The van der Waals surface area contributed by atoms with E-state index < -0.39 is 29.8 Å². The largest absolute Gasteiger partial charge is 0.493 e. The molecule has 2 amide bonds. The number of halogens is 1. The lowest BCUT2D eigenvalue weighted by molar-refractivity contribution is -0.123. The van der Waals surface area contributed by atoms with Crippen molar-refractivity contribution in [3.05, 3.63) is 94.6 Å². The average Bonchev–Trinajstić information content (AvgIpc) is 3.40. The maximum atomic E-state index is 14.1. The van der Waals surface area contributed by atoms with Gasteiger partial charge in [-0.25, -0.2) is 4.90 Å². The van der Waals surface area contributed by atoms with Crippen molar-refractivity contribution in [2.75, 3.05) is 19.1 Å². The lowest BCUT2D eigenvalue weighted by Crippen LogP contribution is -2.44. The van der Waals surface area contributed by atoms with Crippen LogP contribution in [0.4, 0.5) is 5.69 Å². The van der Waals surface area contributed by atoms with E-state index in [-0.39, 0.29) is 11.7 Å². The number of methoxy groups -OCH3 is 2. The SMILES string of the molecule is COc1ccc(C(=O)[C@@H]2[C@@H]3C(=O)N(c4ccc(Cl)cc4)C(=O)[C@@H]3[C@@H]3c4ccccc4C=CN23)cc1OC. The number of imide groups is 1. The molecule has 3 aliphatic rings. The molecule has 0 aliphatic carbocycles. The summed E-state index contributed by atoms with van der Waals surface area (Å²) < 4.78 is 10.7. The van der Waals surface area contributed by atoms with Crippen LogP contribution in [0.1, 0.15) is 27.5 Å². The highest BCUT2D eigenvalue weighted by Gasteiger charge is 2.64. The Kier molecular flexibility index (Phi) is 5.53. The van der Waals surface area contributed by atoms with Crippen LogP contribution in [0.3, 0.4) is 0 Å². The standard InChI is InChI=1S/C29H23ClN2O5/c1-36-21-12-7-17(15-22(21)37-2)27(33)26-24-23(25-20-6-4-3-5-16(20)13-14-31(25)26)28(34)32(29(24)35)19-10-8-18(30)9-11-19/h3-15,23-26H,1-2H3/t23-,24+,25-,26-/m0/s1. The van der Waals surface area contributed by atoms with E-state index in [0.29, 0.717) is 27.8 Å². The van der Waals surface area contributed by atoms with E-state index in [1.807, 2.05) is 41.4 Å². The Morgan fingerprint density at radius 2 is 1.57 bits per heavy atom. The van der Waals surface area contributed by atoms with Crippen molar-refractivity contribution in [3.8, 4) is 11.5 Å². The molecular formula is C29H23ClN2O5. The van der Waals surface area contributed by atoms with Crippen LogP contribution in [-0.4, -0.2) is 42.8 Å². The summed E-state index contributed by atoms with van der Waals surface area (Å²) >= 11 is 6.05. The zero-order valence-corrected chi connectivity index (χ0v) is 20.9. The van der Waals surface area contributed by atoms with Crippen LogP contribution in [0.2, 0.25) is 5.02 Å². The minimum absolute atomic E-state index is 0.262. The first-order valence-corrected chi connectivity index (χ1v) is 12.3. The molecule has 2 saturated heterocycles. The molecule has 3 aromatic rings. The summed E-state index contributed by atoms with van der Waals surface area (Å²) in [6.45, 7) is 0. The third kappa shape index (κ3) is 3.45. The first-order chi connectivity index (χ1) is 17.9. The summed E-state index contributed by atoms with van der Waals surface area (Å²) in [5.41, 5.74) is 2.70. The van der Waals surface area contributed by atoms with Crippen molar-refractivity contribution in [2.45, 2.75) is 12.1 Å². The normalized spacial score (nSPS) is 23.5. The lowest BCUT2D eigenvalue weighted by Gasteiger charge is -2.35. The highest BCUT2D eigenvalue weighted by Crippen LogP contribution is 2.53. The molecule has 0 saturated carbocycles. The predicted molar refractivity (Wildman–Crippen MR) is 139 cm³/mol. The molecule has 3 aromatic carbocycles. The van der Waals surface area contributed by atoms with Crippen molar-refractivity contribution in [1.82, 2.24) is 4.90 Å². The van der Waals surface area contributed by atoms with Gasteiger partial charge in [0.1, 0.15) is 6.04 Å². The molecule has 6 rings (SSSR count). The van der Waals surface area contributed by atoms with Crippen LogP contribution in [0, 0.1) is 11.8 Å². The number of fused-ring (bicyclic) bond motifs is 5. The quantitative estimate of drug-likeness (QED) is 0.361. The molecular weight excluding hydrogens is 492 g/mol. The summed E-state index contributed by atoms with van der Waals surface area (Å²) in [6, 6.07) is 18.0. The second-order valence-electron chi connectivity index (χ2n) is 9.26. The summed E-state index contributed by atoms with van der Waals surface area (Å²) in [5.74, 6) is -1.64. The Hall–Kier alpha value is -4.10. The molecule has 0 unspecified atom stereocenters. The zero-order valence-electron chi connectivity index (χ0n) is 20.1. The molecule has 0 bridgehead atoms.